The summed E-state index contributed by atoms with van der Waals surface area (Å²) in [4.78, 5) is 82.6. The first-order valence-corrected chi connectivity index (χ1v) is 16.3. The van der Waals surface area contributed by atoms with Crippen molar-refractivity contribution >= 4 is 35.8 Å². The summed E-state index contributed by atoms with van der Waals surface area (Å²) in [5, 5.41) is 15.6. The minimum absolute atomic E-state index is 0.110. The molecule has 14 nitrogen and oxygen atoms in total. The van der Waals surface area contributed by atoms with E-state index < -0.39 is 77.2 Å². The van der Waals surface area contributed by atoms with Gasteiger partial charge in [0.05, 0.1) is 13.2 Å². The Kier molecular flexibility index (Phi) is 12.6. The fourth-order valence-corrected chi connectivity index (χ4v) is 6.43. The van der Waals surface area contributed by atoms with Crippen LogP contribution in [-0.2, 0) is 44.6 Å². The number of likely N-dealkylation sites (tertiary alicyclic amines) is 2. The van der Waals surface area contributed by atoms with Crippen LogP contribution in [0.4, 0.5) is 4.79 Å². The van der Waals surface area contributed by atoms with Crippen molar-refractivity contribution in [3.8, 4) is 0 Å². The van der Waals surface area contributed by atoms with Crippen LogP contribution in [0.2, 0.25) is 0 Å². The predicted octanol–water partition coefficient (Wildman–Crippen LogP) is 1.77. The quantitative estimate of drug-likeness (QED) is 0.231. The molecule has 6 atom stereocenters. The number of aliphatic hydroxyl groups excluding tert-OH is 1. The lowest BCUT2D eigenvalue weighted by molar-refractivity contribution is -0.159. The number of nitrogens with zero attached hydrogens (tertiary/aromatic N) is 2. The SMILES string of the molecule is COC(=O)[C@@H](NC(=O)C1(Cc2cccc(C)c2)CCCN1C(=O)[C@@H]1CCCN1C(=O)[C@@H](NC(=O)OC(C)(C)C)[C@@H](C)O)[C@@H](C)OC(C)=O. The third-order valence-electron chi connectivity index (χ3n) is 8.56. The predicted molar refractivity (Wildman–Crippen MR) is 173 cm³/mol. The molecule has 1 aromatic carbocycles. The first kappa shape index (κ1) is 38.2. The van der Waals surface area contributed by atoms with Crippen molar-refractivity contribution in [2.45, 2.75) is 122 Å². The first-order valence-electron chi connectivity index (χ1n) is 16.3. The second-order valence-electron chi connectivity index (χ2n) is 13.6. The zero-order valence-electron chi connectivity index (χ0n) is 29.2. The van der Waals surface area contributed by atoms with Gasteiger partial charge in [0.25, 0.3) is 0 Å². The molecule has 0 spiro atoms. The van der Waals surface area contributed by atoms with Gasteiger partial charge in [-0.1, -0.05) is 29.8 Å². The lowest BCUT2D eigenvalue weighted by atomic mass is 9.85. The van der Waals surface area contributed by atoms with Crippen molar-refractivity contribution < 1.29 is 48.1 Å². The molecule has 2 aliphatic heterocycles. The van der Waals surface area contributed by atoms with Gasteiger partial charge in [-0.05, 0) is 72.8 Å². The van der Waals surface area contributed by atoms with Crippen LogP contribution < -0.4 is 10.6 Å². The fraction of sp³-hybridized carbons (Fsp3) is 0.647. The Labute approximate surface area is 281 Å². The smallest absolute Gasteiger partial charge is 0.408 e. The molecule has 2 saturated heterocycles. The van der Waals surface area contributed by atoms with E-state index in [1.54, 1.807) is 20.8 Å². The molecule has 0 bridgehead atoms. The van der Waals surface area contributed by atoms with Crippen molar-refractivity contribution in [3.63, 3.8) is 0 Å². The Hall–Kier alpha value is -4.20. The number of carbonyl (C=O) groups excluding carboxylic acids is 6. The summed E-state index contributed by atoms with van der Waals surface area (Å²) >= 11 is 0. The number of amides is 4. The molecular weight excluding hydrogens is 624 g/mol. The van der Waals surface area contributed by atoms with Crippen LogP contribution in [0.3, 0.4) is 0 Å². The lowest BCUT2D eigenvalue weighted by Gasteiger charge is -2.41. The Bertz CT molecular complexity index is 1380. The molecule has 0 radical (unpaired) electrons. The number of nitrogens with one attached hydrogen (secondary N) is 2. The van der Waals surface area contributed by atoms with Crippen LogP contribution in [0.5, 0.6) is 0 Å². The standard InChI is InChI=1S/C34H50N4O10/c1-20-12-9-13-24(18-20)19-34(31(44)35-27(30(43)46-8)22(3)47-23(4)40)15-11-17-38(34)28(41)25-14-10-16-37(25)29(42)26(21(2)39)36-32(45)48-33(5,6)7/h9,12-13,18,21-22,25-27,39H,10-11,14-17,19H2,1-8H3,(H,35,44)(H,36,45)/t21-,22-,25+,26+,27+,34?/m1/s1. The van der Waals surface area contributed by atoms with E-state index in [4.69, 9.17) is 14.2 Å². The van der Waals surface area contributed by atoms with E-state index in [1.807, 2.05) is 31.2 Å². The summed E-state index contributed by atoms with van der Waals surface area (Å²) in [7, 11) is 1.15. The number of esters is 2. The van der Waals surface area contributed by atoms with Crippen molar-refractivity contribution in [1.29, 1.82) is 0 Å². The number of benzene rings is 1. The highest BCUT2D eigenvalue weighted by Crippen LogP contribution is 2.36. The molecule has 2 aliphatic rings. The zero-order valence-corrected chi connectivity index (χ0v) is 29.2. The molecule has 0 aliphatic carbocycles. The number of rotatable bonds is 11. The van der Waals surface area contributed by atoms with E-state index in [0.29, 0.717) is 19.3 Å². The number of hydrogen-bond acceptors (Lipinski definition) is 10. The summed E-state index contributed by atoms with van der Waals surface area (Å²) in [5.74, 6) is -3.23. The van der Waals surface area contributed by atoms with E-state index in [2.05, 4.69) is 10.6 Å². The van der Waals surface area contributed by atoms with E-state index in [1.165, 1.54) is 30.6 Å². The van der Waals surface area contributed by atoms with Crippen LogP contribution in [0.15, 0.2) is 24.3 Å². The number of aryl methyl sites for hydroxylation is 1. The molecule has 0 aromatic heterocycles. The van der Waals surface area contributed by atoms with Gasteiger partial charge in [-0.15, -0.1) is 0 Å². The summed E-state index contributed by atoms with van der Waals surface area (Å²) < 4.78 is 15.4. The Morgan fingerprint density at radius 3 is 2.31 bits per heavy atom. The van der Waals surface area contributed by atoms with Gasteiger partial charge in [0.15, 0.2) is 6.04 Å². The van der Waals surface area contributed by atoms with Crippen molar-refractivity contribution in [2.24, 2.45) is 0 Å². The maximum atomic E-state index is 14.5. The number of ether oxygens (including phenoxy) is 3. The van der Waals surface area contributed by atoms with Crippen LogP contribution in [0.25, 0.3) is 0 Å². The van der Waals surface area contributed by atoms with E-state index in [9.17, 15) is 33.9 Å². The highest BCUT2D eigenvalue weighted by Gasteiger charge is 2.53. The largest absolute Gasteiger partial charge is 0.467 e. The van der Waals surface area contributed by atoms with Crippen LogP contribution in [-0.4, -0.2) is 112 Å². The lowest BCUT2D eigenvalue weighted by Crippen LogP contribution is -2.65. The third-order valence-corrected chi connectivity index (χ3v) is 8.56. The minimum atomic E-state index is -1.47. The normalized spacial score (nSPS) is 21.8. The maximum absolute atomic E-state index is 14.5. The van der Waals surface area contributed by atoms with Gasteiger partial charge >= 0.3 is 18.0 Å². The molecule has 3 N–H and O–H groups in total. The molecule has 1 unspecified atom stereocenters. The van der Waals surface area contributed by atoms with Crippen LogP contribution >= 0.6 is 0 Å². The maximum Gasteiger partial charge on any atom is 0.408 e. The second kappa shape index (κ2) is 15.8. The first-order chi connectivity index (χ1) is 22.4. The van der Waals surface area contributed by atoms with Gasteiger partial charge in [0, 0.05) is 26.4 Å². The van der Waals surface area contributed by atoms with Gasteiger partial charge in [-0.2, -0.15) is 0 Å². The molecule has 2 fully saturated rings. The molecule has 0 saturated carbocycles. The molecule has 1 aromatic rings. The number of carbonyl (C=O) groups is 6. The number of alkyl carbamates (subject to hydrolysis) is 1. The highest BCUT2D eigenvalue weighted by molar-refractivity contribution is 5.98. The fourth-order valence-electron chi connectivity index (χ4n) is 6.43. The molecule has 48 heavy (non-hydrogen) atoms. The number of methoxy groups -OCH3 is 1. The van der Waals surface area contributed by atoms with Gasteiger partial charge in [0.1, 0.15) is 29.3 Å². The molecular formula is C34H50N4O10. The molecule has 266 valence electrons. The van der Waals surface area contributed by atoms with Gasteiger partial charge in [-0.25, -0.2) is 9.59 Å². The number of hydrogen-bond donors (Lipinski definition) is 3. The zero-order chi connectivity index (χ0) is 36.0. The monoisotopic (exact) mass is 674 g/mol. The number of aliphatic hydroxyl groups is 1. The Balaban J connectivity index is 1.98. The minimum Gasteiger partial charge on any atom is -0.467 e. The average Bonchev–Trinajstić information content (AvgIpc) is 3.64. The Morgan fingerprint density at radius 1 is 1.04 bits per heavy atom. The average molecular weight is 675 g/mol. The molecule has 2 heterocycles. The summed E-state index contributed by atoms with van der Waals surface area (Å²) in [6.07, 6.45) is -1.64. The topological polar surface area (TPSA) is 181 Å². The third kappa shape index (κ3) is 9.24. The highest BCUT2D eigenvalue weighted by atomic mass is 16.6. The van der Waals surface area contributed by atoms with Gasteiger partial charge < -0.3 is 39.8 Å². The molecule has 4 amide bonds. The van der Waals surface area contributed by atoms with Gasteiger partial charge in [0.2, 0.25) is 17.7 Å². The van der Waals surface area contributed by atoms with E-state index >= 15 is 0 Å². The molecule has 3 rings (SSSR count). The summed E-state index contributed by atoms with van der Waals surface area (Å²) in [5.41, 5.74) is -0.586. The van der Waals surface area contributed by atoms with E-state index in [-0.39, 0.29) is 25.9 Å². The van der Waals surface area contributed by atoms with Crippen LogP contribution in [0, 0.1) is 6.92 Å². The van der Waals surface area contributed by atoms with Gasteiger partial charge in [-0.3, -0.25) is 19.2 Å². The van der Waals surface area contributed by atoms with Crippen molar-refractivity contribution in [3.05, 3.63) is 35.4 Å². The van der Waals surface area contributed by atoms with Crippen molar-refractivity contribution in [1.82, 2.24) is 20.4 Å². The van der Waals surface area contributed by atoms with Crippen molar-refractivity contribution in [2.75, 3.05) is 20.2 Å². The second-order valence-corrected chi connectivity index (χ2v) is 13.6. The summed E-state index contributed by atoms with van der Waals surface area (Å²) in [6, 6.07) is 3.82. The van der Waals surface area contributed by atoms with E-state index in [0.717, 1.165) is 18.2 Å². The summed E-state index contributed by atoms with van der Waals surface area (Å²) in [6.45, 7) is 11.3. The Morgan fingerprint density at radius 2 is 1.73 bits per heavy atom. The van der Waals surface area contributed by atoms with Crippen LogP contribution in [0.1, 0.15) is 78.4 Å². The molecule has 14 heteroatoms.